The highest BCUT2D eigenvalue weighted by atomic mass is 19.1. The molecule has 24 heavy (non-hydrogen) atoms. The van der Waals surface area contributed by atoms with Gasteiger partial charge in [-0.3, -0.25) is 0 Å². The number of hydrogen-bond donors (Lipinski definition) is 0. The molecule has 0 aromatic carbocycles. The second-order valence-corrected chi connectivity index (χ2v) is 8.63. The first-order valence-corrected chi connectivity index (χ1v) is 11.0. The van der Waals surface area contributed by atoms with Crippen molar-refractivity contribution >= 4 is 0 Å². The maximum absolute atomic E-state index is 12.1. The van der Waals surface area contributed by atoms with Crippen molar-refractivity contribution in [3.8, 4) is 0 Å². The highest BCUT2D eigenvalue weighted by Crippen LogP contribution is 2.42. The van der Waals surface area contributed by atoms with E-state index in [-0.39, 0.29) is 6.67 Å². The van der Waals surface area contributed by atoms with Crippen molar-refractivity contribution < 1.29 is 4.39 Å². The average molecular weight is 337 g/mol. The number of allylic oxidation sites excluding steroid dienone is 2. The third-order valence-electron chi connectivity index (χ3n) is 6.89. The molecule has 0 aliphatic heterocycles. The minimum atomic E-state index is -0.294. The maximum Gasteiger partial charge on any atom is 0.108 e. The first kappa shape index (κ1) is 20.0. The Morgan fingerprint density at radius 1 is 0.708 bits per heavy atom. The van der Waals surface area contributed by atoms with E-state index in [2.05, 4.69) is 13.0 Å². The van der Waals surface area contributed by atoms with Crippen molar-refractivity contribution in [2.24, 2.45) is 23.7 Å². The van der Waals surface area contributed by atoms with Crippen LogP contribution in [0.15, 0.2) is 12.2 Å². The van der Waals surface area contributed by atoms with Crippen LogP contribution in [0.1, 0.15) is 103 Å². The second-order valence-electron chi connectivity index (χ2n) is 8.63. The third-order valence-corrected chi connectivity index (χ3v) is 6.89. The second kappa shape index (κ2) is 12.1. The van der Waals surface area contributed by atoms with Crippen molar-refractivity contribution in [2.45, 2.75) is 103 Å². The van der Waals surface area contributed by atoms with E-state index in [1.54, 1.807) is 6.08 Å². The lowest BCUT2D eigenvalue weighted by Crippen LogP contribution is -2.25. The molecule has 2 saturated carbocycles. The Hall–Kier alpha value is -0.330. The minimum Gasteiger partial charge on any atom is -0.247 e. The fourth-order valence-corrected chi connectivity index (χ4v) is 5.23. The SMILES string of the molecule is CCCCCCCC1CCC(C2CCC(C/C=C/CF)CC2)CC1. The molecule has 0 unspecified atom stereocenters. The highest BCUT2D eigenvalue weighted by Gasteiger charge is 2.30. The van der Waals surface area contributed by atoms with Crippen molar-refractivity contribution in [1.82, 2.24) is 0 Å². The molecule has 0 aromatic heterocycles. The zero-order chi connectivity index (χ0) is 17.0. The molecule has 0 amide bonds. The highest BCUT2D eigenvalue weighted by molar-refractivity contribution is 4.87. The predicted octanol–water partition coefficient (Wildman–Crippen LogP) is 7.88. The quantitative estimate of drug-likeness (QED) is 0.281. The Morgan fingerprint density at radius 3 is 1.88 bits per heavy atom. The molecular formula is C23H41F. The summed E-state index contributed by atoms with van der Waals surface area (Å²) >= 11 is 0. The van der Waals surface area contributed by atoms with E-state index in [1.165, 1.54) is 89.9 Å². The molecule has 0 heterocycles. The van der Waals surface area contributed by atoms with Gasteiger partial charge in [0.15, 0.2) is 0 Å². The van der Waals surface area contributed by atoms with Crippen LogP contribution in [0.5, 0.6) is 0 Å². The Kier molecular flexibility index (Phi) is 10.1. The van der Waals surface area contributed by atoms with Crippen molar-refractivity contribution in [3.05, 3.63) is 12.2 Å². The van der Waals surface area contributed by atoms with Gasteiger partial charge in [0.05, 0.1) is 0 Å². The minimum absolute atomic E-state index is 0.294. The smallest absolute Gasteiger partial charge is 0.108 e. The molecule has 0 N–H and O–H groups in total. The molecule has 0 aromatic rings. The first-order chi connectivity index (χ1) is 11.8. The summed E-state index contributed by atoms with van der Waals surface area (Å²) in [4.78, 5) is 0. The molecule has 2 rings (SSSR count). The zero-order valence-corrected chi connectivity index (χ0v) is 16.2. The van der Waals surface area contributed by atoms with E-state index in [4.69, 9.17) is 0 Å². The van der Waals surface area contributed by atoms with Crippen LogP contribution in [0.4, 0.5) is 4.39 Å². The van der Waals surface area contributed by atoms with E-state index >= 15 is 0 Å². The predicted molar refractivity (Wildman–Crippen MR) is 104 cm³/mol. The molecule has 0 saturated heterocycles. The zero-order valence-electron chi connectivity index (χ0n) is 16.2. The fraction of sp³-hybridized carbons (Fsp3) is 0.913. The molecule has 0 spiro atoms. The van der Waals surface area contributed by atoms with Gasteiger partial charge in [0.25, 0.3) is 0 Å². The van der Waals surface area contributed by atoms with Gasteiger partial charge in [-0.1, -0.05) is 70.4 Å². The van der Waals surface area contributed by atoms with Gasteiger partial charge >= 0.3 is 0 Å². The van der Waals surface area contributed by atoms with E-state index in [9.17, 15) is 4.39 Å². The van der Waals surface area contributed by atoms with Crippen LogP contribution in [0.2, 0.25) is 0 Å². The summed E-state index contributed by atoms with van der Waals surface area (Å²) in [7, 11) is 0. The largest absolute Gasteiger partial charge is 0.247 e. The van der Waals surface area contributed by atoms with Gasteiger partial charge < -0.3 is 0 Å². The van der Waals surface area contributed by atoms with Gasteiger partial charge in [-0.05, 0) is 68.6 Å². The molecule has 1 heteroatoms. The molecule has 2 aliphatic carbocycles. The van der Waals surface area contributed by atoms with Crippen LogP contribution in [0.25, 0.3) is 0 Å². The average Bonchev–Trinajstić information content (AvgIpc) is 2.63. The van der Waals surface area contributed by atoms with Crippen LogP contribution in [-0.2, 0) is 0 Å². The summed E-state index contributed by atoms with van der Waals surface area (Å²) in [5, 5.41) is 0. The monoisotopic (exact) mass is 336 g/mol. The molecule has 2 aliphatic rings. The molecule has 2 fully saturated rings. The molecule has 0 atom stereocenters. The number of alkyl halides is 1. The number of hydrogen-bond acceptors (Lipinski definition) is 0. The summed E-state index contributed by atoms with van der Waals surface area (Å²) in [5.41, 5.74) is 0. The Balaban J connectivity index is 1.55. The first-order valence-electron chi connectivity index (χ1n) is 11.0. The standard InChI is InChI=1S/C23H41F/c1-2-3-4-5-6-9-20-11-15-22(16-12-20)23-17-13-21(14-18-23)10-7-8-19-24/h7-8,20-23H,2-6,9-19H2,1H3/b8-7+. The van der Waals surface area contributed by atoms with Crippen LogP contribution in [0, 0.1) is 23.7 Å². The summed E-state index contributed by atoms with van der Waals surface area (Å²) < 4.78 is 12.1. The number of unbranched alkanes of at least 4 members (excludes halogenated alkanes) is 4. The topological polar surface area (TPSA) is 0 Å². The molecule has 0 nitrogen and oxygen atoms in total. The van der Waals surface area contributed by atoms with E-state index in [0.717, 1.165) is 30.1 Å². The fourth-order valence-electron chi connectivity index (χ4n) is 5.23. The number of halogens is 1. The Bertz CT molecular complexity index is 319. The normalized spacial score (nSPS) is 31.6. The summed E-state index contributed by atoms with van der Waals surface area (Å²) in [6, 6.07) is 0. The number of rotatable bonds is 10. The van der Waals surface area contributed by atoms with Gasteiger partial charge in [-0.2, -0.15) is 0 Å². The molecule has 140 valence electrons. The van der Waals surface area contributed by atoms with E-state index in [0.29, 0.717) is 0 Å². The van der Waals surface area contributed by atoms with Gasteiger partial charge in [0, 0.05) is 0 Å². The molecule has 0 bridgehead atoms. The van der Waals surface area contributed by atoms with Crippen LogP contribution in [0.3, 0.4) is 0 Å². The van der Waals surface area contributed by atoms with Crippen molar-refractivity contribution in [2.75, 3.05) is 6.67 Å². The van der Waals surface area contributed by atoms with E-state index in [1.807, 2.05) is 0 Å². The van der Waals surface area contributed by atoms with Gasteiger partial charge in [-0.25, -0.2) is 4.39 Å². The summed E-state index contributed by atoms with van der Waals surface area (Å²) in [6.07, 6.45) is 25.3. The van der Waals surface area contributed by atoms with Gasteiger partial charge in [0.1, 0.15) is 6.67 Å². The third kappa shape index (κ3) is 7.28. The lowest BCUT2D eigenvalue weighted by Gasteiger charge is -2.37. The van der Waals surface area contributed by atoms with Gasteiger partial charge in [0.2, 0.25) is 0 Å². The summed E-state index contributed by atoms with van der Waals surface area (Å²) in [5.74, 6) is 3.93. The Morgan fingerprint density at radius 2 is 1.29 bits per heavy atom. The van der Waals surface area contributed by atoms with Gasteiger partial charge in [-0.15, -0.1) is 0 Å². The van der Waals surface area contributed by atoms with Crippen LogP contribution in [-0.4, -0.2) is 6.67 Å². The maximum atomic E-state index is 12.1. The van der Waals surface area contributed by atoms with Crippen LogP contribution >= 0.6 is 0 Å². The summed E-state index contributed by atoms with van der Waals surface area (Å²) in [6.45, 7) is 2.01. The van der Waals surface area contributed by atoms with Crippen LogP contribution < -0.4 is 0 Å². The molecule has 0 radical (unpaired) electrons. The lowest BCUT2D eigenvalue weighted by molar-refractivity contribution is 0.143. The van der Waals surface area contributed by atoms with E-state index < -0.39 is 0 Å². The Labute approximate surface area is 150 Å². The lowest BCUT2D eigenvalue weighted by atomic mass is 9.68. The molecular weight excluding hydrogens is 295 g/mol. The van der Waals surface area contributed by atoms with Crippen molar-refractivity contribution in [1.29, 1.82) is 0 Å². The van der Waals surface area contributed by atoms with Crippen molar-refractivity contribution in [3.63, 3.8) is 0 Å².